The molecule has 2 rings (SSSR count). The van der Waals surface area contributed by atoms with E-state index < -0.39 is 17.3 Å². The predicted molar refractivity (Wildman–Crippen MR) is 74.4 cm³/mol. The second kappa shape index (κ2) is 6.28. The van der Waals surface area contributed by atoms with Gasteiger partial charge >= 0.3 is 0 Å². The first kappa shape index (κ1) is 14.9. The summed E-state index contributed by atoms with van der Waals surface area (Å²) in [6.07, 6.45) is 2.59. The van der Waals surface area contributed by atoms with Crippen LogP contribution in [-0.4, -0.2) is 42.0 Å². The molecule has 3 N–H and O–H groups in total. The van der Waals surface area contributed by atoms with Gasteiger partial charge in [0.05, 0.1) is 11.9 Å². The number of carbonyl (C=O) groups excluding carboxylic acids is 1. The monoisotopic (exact) mass is 280 g/mol. The number of primary amides is 1. The molecular weight excluding hydrogens is 259 g/mol. The van der Waals surface area contributed by atoms with E-state index in [1.54, 1.807) is 6.07 Å². The highest BCUT2D eigenvalue weighted by Crippen LogP contribution is 2.31. The molecule has 0 saturated carbocycles. The van der Waals surface area contributed by atoms with E-state index in [4.69, 9.17) is 5.73 Å². The van der Waals surface area contributed by atoms with Crippen LogP contribution in [0.4, 0.5) is 4.39 Å². The zero-order chi connectivity index (χ0) is 14.6. The highest BCUT2D eigenvalue weighted by atomic mass is 19.1. The van der Waals surface area contributed by atoms with Crippen LogP contribution in [0.15, 0.2) is 18.3 Å². The van der Waals surface area contributed by atoms with Crippen molar-refractivity contribution in [3.05, 3.63) is 29.8 Å². The van der Waals surface area contributed by atoms with Gasteiger partial charge in [-0.05, 0) is 31.5 Å². The van der Waals surface area contributed by atoms with Crippen LogP contribution in [0, 0.1) is 5.82 Å². The first-order chi connectivity index (χ1) is 9.61. The van der Waals surface area contributed by atoms with E-state index in [0.29, 0.717) is 12.1 Å². The summed E-state index contributed by atoms with van der Waals surface area (Å²) in [5.74, 6) is -0.846. The standard InChI is InChI=1S/C14H21FN4O/c1-2-14(13(16)20,12-5-4-11(15)10-18-12)19-8-3-6-17-7-9-19/h4-5,10,17H,2-3,6-9H2,1H3,(H2,16,20). The van der Waals surface area contributed by atoms with Crippen LogP contribution in [0.5, 0.6) is 0 Å². The third-order valence-corrected chi connectivity index (χ3v) is 3.95. The fourth-order valence-electron chi connectivity index (χ4n) is 2.87. The van der Waals surface area contributed by atoms with Crippen LogP contribution < -0.4 is 11.1 Å². The van der Waals surface area contributed by atoms with Crippen LogP contribution >= 0.6 is 0 Å². The van der Waals surface area contributed by atoms with Gasteiger partial charge in [0, 0.05) is 19.6 Å². The number of rotatable bonds is 4. The Morgan fingerprint density at radius 1 is 1.50 bits per heavy atom. The second-order valence-electron chi connectivity index (χ2n) is 5.03. The lowest BCUT2D eigenvalue weighted by Gasteiger charge is -2.40. The molecule has 2 heterocycles. The Bertz CT molecular complexity index is 457. The number of amides is 1. The number of nitrogens with one attached hydrogen (secondary N) is 1. The Kier molecular flexibility index (Phi) is 4.67. The molecule has 20 heavy (non-hydrogen) atoms. The van der Waals surface area contributed by atoms with Crippen molar-refractivity contribution in [1.29, 1.82) is 0 Å². The summed E-state index contributed by atoms with van der Waals surface area (Å²) in [6.45, 7) is 5.12. The van der Waals surface area contributed by atoms with Gasteiger partial charge in [0.25, 0.3) is 0 Å². The van der Waals surface area contributed by atoms with Crippen molar-refractivity contribution in [3.8, 4) is 0 Å². The van der Waals surface area contributed by atoms with Crippen LogP contribution in [0.25, 0.3) is 0 Å². The molecule has 1 aliphatic rings. The molecule has 1 aromatic heterocycles. The SMILES string of the molecule is CCC(C(N)=O)(c1ccc(F)cn1)N1CCCNCC1. The molecule has 1 fully saturated rings. The molecule has 6 heteroatoms. The van der Waals surface area contributed by atoms with E-state index in [0.717, 1.165) is 38.8 Å². The largest absolute Gasteiger partial charge is 0.368 e. The van der Waals surface area contributed by atoms with Gasteiger partial charge < -0.3 is 11.1 Å². The van der Waals surface area contributed by atoms with E-state index >= 15 is 0 Å². The average Bonchev–Trinajstić information content (AvgIpc) is 2.71. The molecule has 1 unspecified atom stereocenters. The molecule has 0 bridgehead atoms. The normalized spacial score (nSPS) is 20.1. The summed E-state index contributed by atoms with van der Waals surface area (Å²) in [7, 11) is 0. The van der Waals surface area contributed by atoms with Crippen molar-refractivity contribution in [2.45, 2.75) is 25.3 Å². The molecule has 0 spiro atoms. The van der Waals surface area contributed by atoms with E-state index in [1.807, 2.05) is 6.92 Å². The molecule has 5 nitrogen and oxygen atoms in total. The Labute approximate surface area is 118 Å². The van der Waals surface area contributed by atoms with Crippen molar-refractivity contribution in [3.63, 3.8) is 0 Å². The van der Waals surface area contributed by atoms with E-state index in [-0.39, 0.29) is 0 Å². The fraction of sp³-hybridized carbons (Fsp3) is 0.571. The predicted octanol–water partition coefficient (Wildman–Crippen LogP) is 0.607. The Morgan fingerprint density at radius 3 is 2.90 bits per heavy atom. The second-order valence-corrected chi connectivity index (χ2v) is 5.03. The van der Waals surface area contributed by atoms with E-state index in [2.05, 4.69) is 15.2 Å². The lowest BCUT2D eigenvalue weighted by Crippen LogP contribution is -2.56. The first-order valence-corrected chi connectivity index (χ1v) is 6.99. The summed E-state index contributed by atoms with van der Waals surface area (Å²) < 4.78 is 13.1. The summed E-state index contributed by atoms with van der Waals surface area (Å²) in [5, 5.41) is 3.30. The lowest BCUT2D eigenvalue weighted by molar-refractivity contribution is -0.131. The number of carbonyl (C=O) groups is 1. The minimum atomic E-state index is -0.959. The molecule has 1 amide bonds. The first-order valence-electron chi connectivity index (χ1n) is 6.99. The summed E-state index contributed by atoms with van der Waals surface area (Å²) in [6, 6.07) is 2.88. The Hall–Kier alpha value is -1.53. The number of hydrogen-bond donors (Lipinski definition) is 2. The molecule has 0 aliphatic carbocycles. The molecule has 0 radical (unpaired) electrons. The van der Waals surface area contributed by atoms with Crippen LogP contribution in [0.3, 0.4) is 0 Å². The maximum atomic E-state index is 13.1. The molecular formula is C14H21FN4O. The summed E-state index contributed by atoms with van der Waals surface area (Å²) in [5.41, 5.74) is 5.26. The molecule has 1 aromatic rings. The van der Waals surface area contributed by atoms with Crippen LogP contribution in [0.1, 0.15) is 25.5 Å². The topological polar surface area (TPSA) is 71.2 Å². The highest BCUT2D eigenvalue weighted by Gasteiger charge is 2.43. The van der Waals surface area contributed by atoms with Gasteiger partial charge in [0.15, 0.2) is 0 Å². The minimum absolute atomic E-state index is 0.416. The van der Waals surface area contributed by atoms with Crippen LogP contribution in [-0.2, 0) is 10.3 Å². The molecule has 110 valence electrons. The molecule has 1 aliphatic heterocycles. The number of nitrogens with zero attached hydrogens (tertiary/aromatic N) is 2. The number of pyridine rings is 1. The number of nitrogens with two attached hydrogens (primary N) is 1. The van der Waals surface area contributed by atoms with Crippen molar-refractivity contribution in [1.82, 2.24) is 15.2 Å². The maximum absolute atomic E-state index is 13.1. The smallest absolute Gasteiger partial charge is 0.244 e. The highest BCUT2D eigenvalue weighted by molar-refractivity contribution is 5.85. The average molecular weight is 280 g/mol. The van der Waals surface area contributed by atoms with Gasteiger partial charge in [0.2, 0.25) is 5.91 Å². The number of aromatic nitrogens is 1. The maximum Gasteiger partial charge on any atom is 0.244 e. The lowest BCUT2D eigenvalue weighted by atomic mass is 9.88. The quantitative estimate of drug-likeness (QED) is 0.847. The minimum Gasteiger partial charge on any atom is -0.368 e. The molecule has 0 aromatic carbocycles. The number of halogens is 1. The Morgan fingerprint density at radius 2 is 2.30 bits per heavy atom. The molecule has 1 atom stereocenters. The summed E-state index contributed by atoms with van der Waals surface area (Å²) >= 11 is 0. The van der Waals surface area contributed by atoms with Crippen molar-refractivity contribution >= 4 is 5.91 Å². The summed E-state index contributed by atoms with van der Waals surface area (Å²) in [4.78, 5) is 18.4. The third kappa shape index (κ3) is 2.66. The van der Waals surface area contributed by atoms with Crippen molar-refractivity contribution in [2.24, 2.45) is 5.73 Å². The zero-order valence-corrected chi connectivity index (χ0v) is 11.7. The van der Waals surface area contributed by atoms with Gasteiger partial charge in [-0.15, -0.1) is 0 Å². The van der Waals surface area contributed by atoms with Crippen LogP contribution in [0.2, 0.25) is 0 Å². The number of hydrogen-bond acceptors (Lipinski definition) is 4. The third-order valence-electron chi connectivity index (χ3n) is 3.95. The van der Waals surface area contributed by atoms with Gasteiger partial charge in [-0.3, -0.25) is 14.7 Å². The Balaban J connectivity index is 2.43. The zero-order valence-electron chi connectivity index (χ0n) is 11.7. The fourth-order valence-corrected chi connectivity index (χ4v) is 2.87. The van der Waals surface area contributed by atoms with Crippen molar-refractivity contribution < 1.29 is 9.18 Å². The molecule has 1 saturated heterocycles. The van der Waals surface area contributed by atoms with Gasteiger partial charge in [-0.25, -0.2) is 4.39 Å². The van der Waals surface area contributed by atoms with Gasteiger partial charge in [0.1, 0.15) is 11.4 Å². The van der Waals surface area contributed by atoms with Gasteiger partial charge in [-0.2, -0.15) is 0 Å². The van der Waals surface area contributed by atoms with E-state index in [1.165, 1.54) is 6.07 Å². The van der Waals surface area contributed by atoms with E-state index in [9.17, 15) is 9.18 Å². The van der Waals surface area contributed by atoms with Crippen molar-refractivity contribution in [2.75, 3.05) is 26.2 Å². The van der Waals surface area contributed by atoms with Gasteiger partial charge in [-0.1, -0.05) is 6.92 Å².